The monoisotopic (exact) mass is 218 g/mol. The number of nitriles is 1. The van der Waals surface area contributed by atoms with Crippen LogP contribution in [-0.2, 0) is 9.84 Å². The molecular formula is C9H18N2O2S. The molecule has 0 bridgehead atoms. The van der Waals surface area contributed by atoms with Crippen LogP contribution >= 0.6 is 0 Å². The fraction of sp³-hybridized carbons (Fsp3) is 0.889. The van der Waals surface area contributed by atoms with Gasteiger partial charge in [-0.15, -0.1) is 0 Å². The molecule has 0 aromatic rings. The minimum atomic E-state index is -3.01. The molecule has 4 nitrogen and oxygen atoms in total. The lowest BCUT2D eigenvalue weighted by Crippen LogP contribution is -2.30. The van der Waals surface area contributed by atoms with Crippen LogP contribution in [-0.4, -0.2) is 26.0 Å². The molecule has 0 saturated heterocycles. The van der Waals surface area contributed by atoms with E-state index in [1.807, 2.05) is 13.0 Å². The van der Waals surface area contributed by atoms with E-state index in [2.05, 4.69) is 0 Å². The van der Waals surface area contributed by atoms with E-state index in [1.54, 1.807) is 0 Å². The van der Waals surface area contributed by atoms with Crippen LogP contribution in [0.2, 0.25) is 0 Å². The van der Waals surface area contributed by atoms with Crippen LogP contribution in [0.15, 0.2) is 0 Å². The first-order valence-electron chi connectivity index (χ1n) is 4.84. The van der Waals surface area contributed by atoms with Crippen molar-refractivity contribution in [3.8, 4) is 6.07 Å². The fourth-order valence-electron chi connectivity index (χ4n) is 1.05. The molecule has 0 saturated carbocycles. The largest absolute Gasteiger partial charge is 0.327 e. The summed E-state index contributed by atoms with van der Waals surface area (Å²) < 4.78 is 22.8. The van der Waals surface area contributed by atoms with Gasteiger partial charge in [-0.25, -0.2) is 8.42 Å². The molecular weight excluding hydrogens is 200 g/mol. The molecule has 0 radical (unpaired) electrons. The smallest absolute Gasteiger partial charge is 0.151 e. The average Bonchev–Trinajstić information content (AvgIpc) is 2.12. The van der Waals surface area contributed by atoms with Crippen LogP contribution < -0.4 is 5.73 Å². The number of hydrogen-bond acceptors (Lipinski definition) is 4. The Bertz CT molecular complexity index is 280. The molecule has 0 aliphatic carbocycles. The number of rotatable bonds is 7. The number of hydrogen-bond donors (Lipinski definition) is 1. The van der Waals surface area contributed by atoms with E-state index in [0.29, 0.717) is 25.7 Å². The van der Waals surface area contributed by atoms with Crippen LogP contribution in [0.1, 0.15) is 32.6 Å². The highest BCUT2D eigenvalue weighted by Gasteiger charge is 2.14. The van der Waals surface area contributed by atoms with Gasteiger partial charge in [-0.3, -0.25) is 0 Å². The molecule has 2 N–H and O–H groups in total. The normalized spacial score (nSPS) is 13.5. The van der Waals surface area contributed by atoms with E-state index >= 15 is 0 Å². The van der Waals surface area contributed by atoms with Gasteiger partial charge >= 0.3 is 0 Å². The standard InChI is InChI=1S/C9H18N2O2S/c1-2-9(11)8-14(12,13)7-5-3-4-6-10/h9H,2-5,7-8,11H2,1H3. The Kier molecular flexibility index (Phi) is 6.50. The van der Waals surface area contributed by atoms with E-state index in [9.17, 15) is 8.42 Å². The highest BCUT2D eigenvalue weighted by atomic mass is 32.2. The molecule has 5 heteroatoms. The van der Waals surface area contributed by atoms with Crippen molar-refractivity contribution >= 4 is 9.84 Å². The topological polar surface area (TPSA) is 84.0 Å². The number of nitrogens with two attached hydrogens (primary N) is 1. The van der Waals surface area contributed by atoms with Gasteiger partial charge in [0.25, 0.3) is 0 Å². The Morgan fingerprint density at radius 3 is 2.57 bits per heavy atom. The molecule has 0 aromatic carbocycles. The summed E-state index contributed by atoms with van der Waals surface area (Å²) in [7, 11) is -3.01. The van der Waals surface area contributed by atoms with Crippen molar-refractivity contribution in [3.05, 3.63) is 0 Å². The molecule has 0 amide bonds. The third-order valence-electron chi connectivity index (χ3n) is 1.99. The van der Waals surface area contributed by atoms with Gasteiger partial charge < -0.3 is 5.73 Å². The Morgan fingerprint density at radius 1 is 1.43 bits per heavy atom. The minimum absolute atomic E-state index is 0.0655. The van der Waals surface area contributed by atoms with E-state index in [0.717, 1.165) is 0 Å². The Morgan fingerprint density at radius 2 is 2.07 bits per heavy atom. The summed E-state index contributed by atoms with van der Waals surface area (Å²) in [6.45, 7) is 1.87. The molecule has 1 unspecified atom stereocenters. The lowest BCUT2D eigenvalue weighted by Gasteiger charge is -2.08. The third kappa shape index (κ3) is 6.87. The van der Waals surface area contributed by atoms with E-state index in [1.165, 1.54) is 0 Å². The Hall–Kier alpha value is -0.600. The zero-order valence-electron chi connectivity index (χ0n) is 8.57. The summed E-state index contributed by atoms with van der Waals surface area (Å²) in [4.78, 5) is 0. The van der Waals surface area contributed by atoms with Crippen LogP contribution in [0.4, 0.5) is 0 Å². The SMILES string of the molecule is CCC(N)CS(=O)(=O)CCCCC#N. The molecule has 14 heavy (non-hydrogen) atoms. The summed E-state index contributed by atoms with van der Waals surface area (Å²) in [5.74, 6) is 0.221. The lowest BCUT2D eigenvalue weighted by molar-refractivity contribution is 0.580. The van der Waals surface area contributed by atoms with Gasteiger partial charge in [0.15, 0.2) is 9.84 Å². The lowest BCUT2D eigenvalue weighted by atomic mass is 10.3. The Balaban J connectivity index is 3.80. The summed E-state index contributed by atoms with van der Waals surface area (Å²) in [5.41, 5.74) is 5.56. The molecule has 0 rings (SSSR count). The van der Waals surface area contributed by atoms with Gasteiger partial charge in [0.2, 0.25) is 0 Å². The van der Waals surface area contributed by atoms with E-state index < -0.39 is 9.84 Å². The van der Waals surface area contributed by atoms with Gasteiger partial charge in [0, 0.05) is 12.5 Å². The molecule has 0 spiro atoms. The number of unbranched alkanes of at least 4 members (excludes halogenated alkanes) is 2. The van der Waals surface area contributed by atoms with Crippen molar-refractivity contribution in [1.82, 2.24) is 0 Å². The van der Waals surface area contributed by atoms with Gasteiger partial charge in [-0.1, -0.05) is 6.92 Å². The van der Waals surface area contributed by atoms with Gasteiger partial charge in [0.1, 0.15) is 0 Å². The summed E-state index contributed by atoms with van der Waals surface area (Å²) in [6.07, 6.45) is 2.32. The Labute approximate surface area is 86.0 Å². The predicted molar refractivity (Wildman–Crippen MR) is 56.4 cm³/mol. The third-order valence-corrected chi connectivity index (χ3v) is 3.83. The van der Waals surface area contributed by atoms with E-state index in [-0.39, 0.29) is 17.5 Å². The summed E-state index contributed by atoms with van der Waals surface area (Å²) >= 11 is 0. The number of sulfone groups is 1. The predicted octanol–water partition coefficient (Wildman–Crippen LogP) is 0.832. The summed E-state index contributed by atoms with van der Waals surface area (Å²) in [5, 5.41) is 8.26. The van der Waals surface area contributed by atoms with Gasteiger partial charge in [-0.05, 0) is 19.3 Å². The molecule has 82 valence electrons. The van der Waals surface area contributed by atoms with Crippen molar-refractivity contribution in [3.63, 3.8) is 0 Å². The average molecular weight is 218 g/mol. The molecule has 0 heterocycles. The molecule has 0 aliphatic heterocycles. The maximum absolute atomic E-state index is 11.4. The molecule has 0 aliphatic rings. The first kappa shape index (κ1) is 13.4. The molecule has 0 fully saturated rings. The van der Waals surface area contributed by atoms with E-state index in [4.69, 9.17) is 11.0 Å². The minimum Gasteiger partial charge on any atom is -0.327 e. The highest BCUT2D eigenvalue weighted by molar-refractivity contribution is 7.91. The maximum atomic E-state index is 11.4. The van der Waals surface area contributed by atoms with Crippen molar-refractivity contribution in [2.24, 2.45) is 5.73 Å². The fourth-order valence-corrected chi connectivity index (χ4v) is 2.75. The quantitative estimate of drug-likeness (QED) is 0.641. The summed E-state index contributed by atoms with van der Waals surface area (Å²) in [6, 6.07) is 1.73. The van der Waals surface area contributed by atoms with Gasteiger partial charge in [0.05, 0.1) is 17.6 Å². The van der Waals surface area contributed by atoms with Crippen molar-refractivity contribution < 1.29 is 8.42 Å². The zero-order chi connectivity index (χ0) is 11.0. The van der Waals surface area contributed by atoms with Crippen LogP contribution in [0, 0.1) is 11.3 Å². The first-order chi connectivity index (χ1) is 6.52. The van der Waals surface area contributed by atoms with Crippen LogP contribution in [0.3, 0.4) is 0 Å². The maximum Gasteiger partial charge on any atom is 0.151 e. The number of nitrogens with zero attached hydrogens (tertiary/aromatic N) is 1. The van der Waals surface area contributed by atoms with Gasteiger partial charge in [-0.2, -0.15) is 5.26 Å². The molecule has 1 atom stereocenters. The van der Waals surface area contributed by atoms with Crippen molar-refractivity contribution in [2.75, 3.05) is 11.5 Å². The van der Waals surface area contributed by atoms with Crippen LogP contribution in [0.5, 0.6) is 0 Å². The second-order valence-corrected chi connectivity index (χ2v) is 5.63. The van der Waals surface area contributed by atoms with Crippen LogP contribution in [0.25, 0.3) is 0 Å². The zero-order valence-corrected chi connectivity index (χ0v) is 9.39. The van der Waals surface area contributed by atoms with Crippen molar-refractivity contribution in [1.29, 1.82) is 5.26 Å². The first-order valence-corrected chi connectivity index (χ1v) is 6.67. The molecule has 0 aromatic heterocycles. The highest BCUT2D eigenvalue weighted by Crippen LogP contribution is 2.02. The second-order valence-electron chi connectivity index (χ2n) is 3.40. The second kappa shape index (κ2) is 6.80. The van der Waals surface area contributed by atoms with Crippen molar-refractivity contribution in [2.45, 2.75) is 38.6 Å².